The van der Waals surface area contributed by atoms with Crippen LogP contribution in [0.2, 0.25) is 0 Å². The van der Waals surface area contributed by atoms with Gasteiger partial charge in [-0.2, -0.15) is 0 Å². The van der Waals surface area contributed by atoms with E-state index >= 15 is 0 Å². The van der Waals surface area contributed by atoms with E-state index in [4.69, 9.17) is 9.47 Å². The highest BCUT2D eigenvalue weighted by Gasteiger charge is 2.02. The van der Waals surface area contributed by atoms with Gasteiger partial charge in [0, 0.05) is 50.8 Å². The fourth-order valence-corrected chi connectivity index (χ4v) is 2.87. The van der Waals surface area contributed by atoms with E-state index in [9.17, 15) is 0 Å². The van der Waals surface area contributed by atoms with Crippen molar-refractivity contribution in [1.82, 2.24) is 15.6 Å². The standard InChI is InChI=1S/C17H32N4O2S/c1-4-15-14-21-16(24-15)8-10-20-17(18-5-2)19-9-6-7-11-23-13-12-22-3/h14H,4-13H2,1-3H3,(H2,18,19,20). The Morgan fingerprint density at radius 1 is 1.21 bits per heavy atom. The smallest absolute Gasteiger partial charge is 0.191 e. The van der Waals surface area contributed by atoms with Crippen LogP contribution in [0.1, 0.15) is 36.6 Å². The van der Waals surface area contributed by atoms with E-state index in [0.717, 1.165) is 57.9 Å². The Kier molecular flexibility index (Phi) is 12.3. The molecule has 0 atom stereocenters. The molecule has 0 unspecified atom stereocenters. The van der Waals surface area contributed by atoms with Crippen molar-refractivity contribution in [1.29, 1.82) is 0 Å². The van der Waals surface area contributed by atoms with Crippen LogP contribution < -0.4 is 10.6 Å². The number of methoxy groups -OCH3 is 1. The van der Waals surface area contributed by atoms with Crippen molar-refractivity contribution >= 4 is 17.3 Å². The zero-order valence-corrected chi connectivity index (χ0v) is 16.1. The van der Waals surface area contributed by atoms with Crippen LogP contribution >= 0.6 is 11.3 Å². The summed E-state index contributed by atoms with van der Waals surface area (Å²) in [5.74, 6) is 0.880. The van der Waals surface area contributed by atoms with Crippen LogP contribution in [0.3, 0.4) is 0 Å². The molecule has 0 aliphatic heterocycles. The second kappa shape index (κ2) is 14.2. The number of ether oxygens (including phenoxy) is 2. The summed E-state index contributed by atoms with van der Waals surface area (Å²) < 4.78 is 10.4. The third-order valence-electron chi connectivity index (χ3n) is 3.32. The lowest BCUT2D eigenvalue weighted by Crippen LogP contribution is -2.38. The monoisotopic (exact) mass is 356 g/mol. The molecule has 1 aromatic rings. The molecule has 6 nitrogen and oxygen atoms in total. The molecular weight excluding hydrogens is 324 g/mol. The summed E-state index contributed by atoms with van der Waals surface area (Å²) in [5, 5.41) is 7.83. The molecule has 0 spiro atoms. The number of hydrogen-bond donors (Lipinski definition) is 2. The second-order valence-electron chi connectivity index (χ2n) is 5.32. The molecule has 0 bridgehead atoms. The normalized spacial score (nSPS) is 11.7. The largest absolute Gasteiger partial charge is 0.382 e. The number of rotatable bonds is 13. The van der Waals surface area contributed by atoms with Gasteiger partial charge in [0.1, 0.15) is 0 Å². The van der Waals surface area contributed by atoms with Crippen molar-refractivity contribution in [2.24, 2.45) is 4.99 Å². The molecule has 0 fully saturated rings. The summed E-state index contributed by atoms with van der Waals surface area (Å²) in [4.78, 5) is 10.4. The van der Waals surface area contributed by atoms with Crippen LogP contribution in [-0.2, 0) is 22.3 Å². The zero-order valence-electron chi connectivity index (χ0n) is 15.3. The Morgan fingerprint density at radius 2 is 2.08 bits per heavy atom. The molecule has 0 aliphatic carbocycles. The molecule has 138 valence electrons. The Hall–Kier alpha value is -1.18. The number of guanidine groups is 1. The average molecular weight is 357 g/mol. The molecule has 1 rings (SSSR count). The molecule has 0 saturated carbocycles. The van der Waals surface area contributed by atoms with Crippen molar-refractivity contribution in [3.05, 3.63) is 16.1 Å². The zero-order chi connectivity index (χ0) is 17.5. The number of hydrogen-bond acceptors (Lipinski definition) is 5. The Labute approximate surface area is 150 Å². The van der Waals surface area contributed by atoms with Crippen LogP contribution in [0.5, 0.6) is 0 Å². The highest BCUT2D eigenvalue weighted by atomic mass is 32.1. The highest BCUT2D eigenvalue weighted by Crippen LogP contribution is 2.13. The van der Waals surface area contributed by atoms with Gasteiger partial charge in [0.05, 0.1) is 18.2 Å². The van der Waals surface area contributed by atoms with Gasteiger partial charge in [-0.25, -0.2) is 4.98 Å². The average Bonchev–Trinajstić information content (AvgIpc) is 3.05. The van der Waals surface area contributed by atoms with E-state index in [1.807, 2.05) is 6.20 Å². The maximum absolute atomic E-state index is 5.44. The molecule has 1 heterocycles. The SMILES string of the molecule is CCNC(=NCCCCOCCOC)NCCc1ncc(CC)s1. The number of unbranched alkanes of at least 4 members (excludes halogenated alkanes) is 1. The van der Waals surface area contributed by atoms with Gasteiger partial charge < -0.3 is 20.1 Å². The lowest BCUT2D eigenvalue weighted by molar-refractivity contribution is 0.0690. The van der Waals surface area contributed by atoms with Gasteiger partial charge in [-0.05, 0) is 26.2 Å². The van der Waals surface area contributed by atoms with Gasteiger partial charge in [0.2, 0.25) is 0 Å². The van der Waals surface area contributed by atoms with E-state index in [-0.39, 0.29) is 0 Å². The Morgan fingerprint density at radius 3 is 2.79 bits per heavy atom. The minimum atomic E-state index is 0.658. The fraction of sp³-hybridized carbons (Fsp3) is 0.765. The maximum Gasteiger partial charge on any atom is 0.191 e. The Bertz CT molecular complexity index is 452. The van der Waals surface area contributed by atoms with Crippen LogP contribution in [0.15, 0.2) is 11.2 Å². The summed E-state index contributed by atoms with van der Waals surface area (Å²) >= 11 is 1.80. The minimum absolute atomic E-state index is 0.658. The van der Waals surface area contributed by atoms with Crippen LogP contribution in [-0.4, -0.2) is 57.5 Å². The van der Waals surface area contributed by atoms with Gasteiger partial charge in [0.25, 0.3) is 0 Å². The summed E-state index contributed by atoms with van der Waals surface area (Å²) in [7, 11) is 1.69. The number of aromatic nitrogens is 1. The topological polar surface area (TPSA) is 67.8 Å². The summed E-state index contributed by atoms with van der Waals surface area (Å²) in [6, 6.07) is 0. The van der Waals surface area contributed by atoms with Crippen LogP contribution in [0.25, 0.3) is 0 Å². The van der Waals surface area contributed by atoms with E-state index in [1.165, 1.54) is 9.88 Å². The first-order valence-corrected chi connectivity index (χ1v) is 9.64. The van der Waals surface area contributed by atoms with Crippen LogP contribution in [0.4, 0.5) is 0 Å². The van der Waals surface area contributed by atoms with Crippen molar-refractivity contribution < 1.29 is 9.47 Å². The first-order valence-electron chi connectivity index (χ1n) is 8.82. The van der Waals surface area contributed by atoms with Gasteiger partial charge in [-0.15, -0.1) is 11.3 Å². The summed E-state index contributed by atoms with van der Waals surface area (Å²) in [5.41, 5.74) is 0. The van der Waals surface area contributed by atoms with Crippen molar-refractivity contribution in [2.45, 2.75) is 39.5 Å². The lowest BCUT2D eigenvalue weighted by Gasteiger charge is -2.10. The second-order valence-corrected chi connectivity index (χ2v) is 6.52. The van der Waals surface area contributed by atoms with Gasteiger partial charge in [-0.3, -0.25) is 4.99 Å². The predicted molar refractivity (Wildman–Crippen MR) is 101 cm³/mol. The van der Waals surface area contributed by atoms with Crippen molar-refractivity contribution in [2.75, 3.05) is 46.6 Å². The Balaban J connectivity index is 2.17. The maximum atomic E-state index is 5.44. The van der Waals surface area contributed by atoms with Crippen molar-refractivity contribution in [3.8, 4) is 0 Å². The first-order chi connectivity index (χ1) is 11.8. The highest BCUT2D eigenvalue weighted by molar-refractivity contribution is 7.11. The number of nitrogens with one attached hydrogen (secondary N) is 2. The summed E-state index contributed by atoms with van der Waals surface area (Å²) in [6.07, 6.45) is 6.02. The molecule has 0 aromatic carbocycles. The van der Waals surface area contributed by atoms with Gasteiger partial charge >= 0.3 is 0 Å². The molecule has 7 heteroatoms. The molecular formula is C17H32N4O2S. The van der Waals surface area contributed by atoms with Gasteiger partial charge in [0.15, 0.2) is 5.96 Å². The fourth-order valence-electron chi connectivity index (χ4n) is 2.01. The molecule has 0 saturated heterocycles. The van der Waals surface area contributed by atoms with E-state index in [2.05, 4.69) is 34.5 Å². The van der Waals surface area contributed by atoms with E-state index < -0.39 is 0 Å². The molecule has 0 amide bonds. The number of nitrogens with zero attached hydrogens (tertiary/aromatic N) is 2. The molecule has 0 radical (unpaired) electrons. The number of thiazole rings is 1. The molecule has 0 aliphatic rings. The predicted octanol–water partition coefficient (Wildman–Crippen LogP) is 2.25. The first kappa shape index (κ1) is 20.9. The molecule has 1 aromatic heterocycles. The molecule has 2 N–H and O–H groups in total. The molecule has 24 heavy (non-hydrogen) atoms. The van der Waals surface area contributed by atoms with E-state index in [1.54, 1.807) is 18.4 Å². The third kappa shape index (κ3) is 9.85. The van der Waals surface area contributed by atoms with Crippen molar-refractivity contribution in [3.63, 3.8) is 0 Å². The number of aliphatic imine (C=N–C) groups is 1. The third-order valence-corrected chi connectivity index (χ3v) is 4.53. The minimum Gasteiger partial charge on any atom is -0.382 e. The lowest BCUT2D eigenvalue weighted by atomic mass is 10.3. The summed E-state index contributed by atoms with van der Waals surface area (Å²) in [6.45, 7) is 8.86. The van der Waals surface area contributed by atoms with E-state index in [0.29, 0.717) is 13.2 Å². The number of aryl methyl sites for hydroxylation is 1. The van der Waals surface area contributed by atoms with Gasteiger partial charge in [-0.1, -0.05) is 6.92 Å². The van der Waals surface area contributed by atoms with Crippen LogP contribution in [0, 0.1) is 0 Å². The quantitative estimate of drug-likeness (QED) is 0.322.